The normalized spacial score (nSPS) is 11.1. The number of hydrogen-bond acceptors (Lipinski definition) is 5. The molecule has 0 fully saturated rings. The Morgan fingerprint density at radius 1 is 0.810 bits per heavy atom. The van der Waals surface area contributed by atoms with Crippen LogP contribution in [0.15, 0.2) is 60.7 Å². The molecule has 0 spiro atoms. The van der Waals surface area contributed by atoms with E-state index in [1.54, 1.807) is 48.5 Å². The van der Waals surface area contributed by atoms with Gasteiger partial charge in [0.1, 0.15) is 11.5 Å². The first-order valence-electron chi connectivity index (χ1n) is 6.45. The van der Waals surface area contributed by atoms with E-state index in [1.807, 2.05) is 12.1 Å². The molecule has 0 aliphatic heterocycles. The molecule has 0 bridgehead atoms. The van der Waals surface area contributed by atoms with Crippen molar-refractivity contribution >= 4 is 7.82 Å². The highest BCUT2D eigenvalue weighted by Gasteiger charge is 2.30. The van der Waals surface area contributed by atoms with Gasteiger partial charge >= 0.3 is 7.82 Å². The summed E-state index contributed by atoms with van der Waals surface area (Å²) >= 11 is 0. The molecular weight excluding hydrogens is 291 g/mol. The number of para-hydroxylation sites is 2. The van der Waals surface area contributed by atoms with Crippen molar-refractivity contribution in [2.24, 2.45) is 0 Å². The zero-order valence-corrected chi connectivity index (χ0v) is 12.6. The summed E-state index contributed by atoms with van der Waals surface area (Å²) in [6, 6.07) is 17.5. The molecule has 0 amide bonds. The highest BCUT2D eigenvalue weighted by Crippen LogP contribution is 2.49. The fourth-order valence-corrected chi connectivity index (χ4v) is 2.73. The lowest BCUT2D eigenvalue weighted by Gasteiger charge is -2.18. The van der Waals surface area contributed by atoms with Crippen LogP contribution in [0.3, 0.4) is 0 Å². The molecule has 0 saturated carbocycles. The van der Waals surface area contributed by atoms with Crippen LogP contribution >= 0.6 is 7.82 Å². The van der Waals surface area contributed by atoms with Crippen LogP contribution < -0.4 is 9.05 Å². The van der Waals surface area contributed by atoms with Crippen molar-refractivity contribution in [2.75, 3.05) is 20.3 Å². The maximum atomic E-state index is 12.7. The summed E-state index contributed by atoms with van der Waals surface area (Å²) in [5, 5.41) is 0. The van der Waals surface area contributed by atoms with E-state index in [2.05, 4.69) is 0 Å². The van der Waals surface area contributed by atoms with Gasteiger partial charge in [0.25, 0.3) is 0 Å². The van der Waals surface area contributed by atoms with E-state index in [0.29, 0.717) is 18.1 Å². The van der Waals surface area contributed by atoms with Crippen LogP contribution in [0.2, 0.25) is 0 Å². The van der Waals surface area contributed by atoms with Crippen LogP contribution in [-0.2, 0) is 13.8 Å². The molecule has 0 radical (unpaired) electrons. The summed E-state index contributed by atoms with van der Waals surface area (Å²) in [5.74, 6) is 0.823. The monoisotopic (exact) mass is 308 g/mol. The molecule has 2 aromatic carbocycles. The maximum Gasteiger partial charge on any atom is 0.587 e. The van der Waals surface area contributed by atoms with E-state index < -0.39 is 7.82 Å². The molecule has 5 nitrogen and oxygen atoms in total. The third kappa shape index (κ3) is 5.23. The third-order valence-corrected chi connectivity index (χ3v) is 3.83. The van der Waals surface area contributed by atoms with E-state index in [0.717, 1.165) is 0 Å². The van der Waals surface area contributed by atoms with Crippen molar-refractivity contribution in [1.29, 1.82) is 0 Å². The molecule has 0 aromatic heterocycles. The number of methoxy groups -OCH3 is 1. The minimum absolute atomic E-state index is 0.105. The fraction of sp³-hybridized carbons (Fsp3) is 0.200. The Balaban J connectivity index is 2.11. The number of ether oxygens (including phenoxy) is 1. The van der Waals surface area contributed by atoms with Crippen molar-refractivity contribution in [1.82, 2.24) is 0 Å². The molecule has 2 aromatic rings. The quantitative estimate of drug-likeness (QED) is 0.546. The van der Waals surface area contributed by atoms with Crippen molar-refractivity contribution in [3.05, 3.63) is 60.7 Å². The summed E-state index contributed by atoms with van der Waals surface area (Å²) < 4.78 is 33.7. The van der Waals surface area contributed by atoms with Crippen LogP contribution in [0, 0.1) is 0 Å². The van der Waals surface area contributed by atoms with E-state index in [4.69, 9.17) is 18.3 Å². The minimum Gasteiger partial charge on any atom is -0.395 e. The highest BCUT2D eigenvalue weighted by molar-refractivity contribution is 7.49. The zero-order chi connectivity index (χ0) is 15.0. The molecule has 6 heteroatoms. The number of benzene rings is 2. The van der Waals surface area contributed by atoms with E-state index >= 15 is 0 Å². The van der Waals surface area contributed by atoms with Gasteiger partial charge in [-0.05, 0) is 24.3 Å². The Bertz CT molecular complexity index is 528. The van der Waals surface area contributed by atoms with Crippen LogP contribution in [-0.4, -0.2) is 20.3 Å². The Labute approximate surface area is 124 Å². The molecule has 0 atom stereocenters. The lowest BCUT2D eigenvalue weighted by Crippen LogP contribution is -2.08. The Morgan fingerprint density at radius 3 is 1.71 bits per heavy atom. The smallest absolute Gasteiger partial charge is 0.395 e. The second-order valence-corrected chi connectivity index (χ2v) is 5.60. The van der Waals surface area contributed by atoms with Gasteiger partial charge in [-0.1, -0.05) is 36.4 Å². The molecule has 0 saturated heterocycles. The third-order valence-electron chi connectivity index (χ3n) is 2.46. The topological polar surface area (TPSA) is 54.0 Å². The van der Waals surface area contributed by atoms with Gasteiger partial charge in [-0.2, -0.15) is 0 Å². The lowest BCUT2D eigenvalue weighted by atomic mass is 10.3. The van der Waals surface area contributed by atoms with Crippen LogP contribution in [0.25, 0.3) is 0 Å². The summed E-state index contributed by atoms with van der Waals surface area (Å²) in [5.41, 5.74) is 0. The van der Waals surface area contributed by atoms with Gasteiger partial charge in [-0.3, -0.25) is 4.52 Å². The van der Waals surface area contributed by atoms with E-state index in [1.165, 1.54) is 7.11 Å². The van der Waals surface area contributed by atoms with Crippen LogP contribution in [0.1, 0.15) is 0 Å². The van der Waals surface area contributed by atoms with Gasteiger partial charge in [0.05, 0.1) is 13.2 Å². The standard InChI is InChI=1S/C15H17O5P/c1-17-12-13-18-21(16,19-14-8-4-2-5-9-14)20-15-10-6-3-7-11-15/h2-11H,12-13H2,1H3. The van der Waals surface area contributed by atoms with Gasteiger partial charge < -0.3 is 13.8 Å². The molecule has 0 aliphatic carbocycles. The molecule has 2 rings (SSSR count). The summed E-state index contributed by atoms with van der Waals surface area (Å²) in [6.45, 7) is 0.397. The Kier molecular flexibility index (Phi) is 5.81. The van der Waals surface area contributed by atoms with E-state index in [9.17, 15) is 4.57 Å². The molecule has 0 unspecified atom stereocenters. The predicted molar refractivity (Wildman–Crippen MR) is 79.6 cm³/mol. The average Bonchev–Trinajstić information content (AvgIpc) is 2.49. The summed E-state index contributed by atoms with van der Waals surface area (Å²) in [7, 11) is -2.24. The van der Waals surface area contributed by atoms with Gasteiger partial charge in [-0.25, -0.2) is 4.57 Å². The number of hydrogen-bond donors (Lipinski definition) is 0. The van der Waals surface area contributed by atoms with Crippen molar-refractivity contribution in [2.45, 2.75) is 0 Å². The van der Waals surface area contributed by atoms with Crippen LogP contribution in [0.4, 0.5) is 0 Å². The van der Waals surface area contributed by atoms with Gasteiger partial charge in [0.15, 0.2) is 0 Å². The summed E-state index contributed by atoms with van der Waals surface area (Å²) in [4.78, 5) is 0. The van der Waals surface area contributed by atoms with Crippen molar-refractivity contribution < 1.29 is 22.9 Å². The Morgan fingerprint density at radius 2 is 1.29 bits per heavy atom. The Hall–Kier alpha value is -1.81. The van der Waals surface area contributed by atoms with Crippen LogP contribution in [0.5, 0.6) is 11.5 Å². The number of rotatable bonds is 8. The second kappa shape index (κ2) is 7.84. The highest BCUT2D eigenvalue weighted by atomic mass is 31.2. The predicted octanol–water partition coefficient (Wildman–Crippen LogP) is 3.92. The number of phosphoric acid groups is 1. The molecule has 112 valence electrons. The first-order valence-corrected chi connectivity index (χ1v) is 7.91. The largest absolute Gasteiger partial charge is 0.587 e. The molecule has 0 aliphatic rings. The number of phosphoric ester groups is 1. The first kappa shape index (κ1) is 15.6. The maximum absolute atomic E-state index is 12.7. The van der Waals surface area contributed by atoms with Crippen molar-refractivity contribution in [3.8, 4) is 11.5 Å². The molecule has 0 heterocycles. The molecular formula is C15H17O5P. The van der Waals surface area contributed by atoms with Crippen molar-refractivity contribution in [3.63, 3.8) is 0 Å². The average molecular weight is 308 g/mol. The molecule has 21 heavy (non-hydrogen) atoms. The SMILES string of the molecule is COCCOP(=O)(Oc1ccccc1)Oc1ccccc1. The van der Waals surface area contributed by atoms with Gasteiger partial charge in [0.2, 0.25) is 0 Å². The second-order valence-electron chi connectivity index (χ2n) is 4.08. The summed E-state index contributed by atoms with van der Waals surface area (Å²) in [6.07, 6.45) is 0. The first-order chi connectivity index (χ1) is 10.2. The van der Waals surface area contributed by atoms with Gasteiger partial charge in [0, 0.05) is 7.11 Å². The lowest BCUT2D eigenvalue weighted by molar-refractivity contribution is 0.124. The van der Waals surface area contributed by atoms with Gasteiger partial charge in [-0.15, -0.1) is 0 Å². The molecule has 0 N–H and O–H groups in total. The zero-order valence-electron chi connectivity index (χ0n) is 11.7. The fourth-order valence-electron chi connectivity index (χ4n) is 1.52. The van der Waals surface area contributed by atoms with E-state index in [-0.39, 0.29) is 6.61 Å². The minimum atomic E-state index is -3.77.